The van der Waals surface area contributed by atoms with Gasteiger partial charge >= 0.3 is 6.18 Å². The second-order valence-corrected chi connectivity index (χ2v) is 10.8. The molecule has 0 aliphatic heterocycles. The Morgan fingerprint density at radius 1 is 0.594 bits per heavy atom. The van der Waals surface area contributed by atoms with Crippen molar-refractivity contribution in [3.8, 4) is 0 Å². The molecular formula is C25H18F3O2S2+. The predicted octanol–water partition coefficient (Wildman–Crippen LogP) is 6.63. The van der Waals surface area contributed by atoms with Crippen LogP contribution in [0, 0.1) is 0 Å². The maximum absolute atomic E-state index is 14.1. The highest BCUT2D eigenvalue weighted by Gasteiger charge is 2.40. The van der Waals surface area contributed by atoms with Crippen LogP contribution in [-0.4, -0.2) is 8.42 Å². The van der Waals surface area contributed by atoms with E-state index < -0.39 is 37.4 Å². The summed E-state index contributed by atoms with van der Waals surface area (Å²) >= 11 is 0. The van der Waals surface area contributed by atoms with Crippen molar-refractivity contribution in [1.82, 2.24) is 0 Å². The molecule has 32 heavy (non-hydrogen) atoms. The highest BCUT2D eigenvalue weighted by atomic mass is 32.2. The van der Waals surface area contributed by atoms with Gasteiger partial charge in [-0.2, -0.15) is 13.2 Å². The molecule has 162 valence electrons. The van der Waals surface area contributed by atoms with E-state index in [-0.39, 0.29) is 4.90 Å². The molecule has 0 bridgehead atoms. The first-order valence-electron chi connectivity index (χ1n) is 9.64. The number of hydrogen-bond donors (Lipinski definition) is 0. The minimum absolute atomic E-state index is 0.177. The van der Waals surface area contributed by atoms with Gasteiger partial charge in [0.05, 0.1) is 26.2 Å². The largest absolute Gasteiger partial charge is 0.417 e. The van der Waals surface area contributed by atoms with E-state index >= 15 is 0 Å². The van der Waals surface area contributed by atoms with Crippen molar-refractivity contribution in [2.75, 3.05) is 0 Å². The molecule has 2 nitrogen and oxygen atoms in total. The highest BCUT2D eigenvalue weighted by Crippen LogP contribution is 2.40. The van der Waals surface area contributed by atoms with E-state index in [2.05, 4.69) is 0 Å². The smallest absolute Gasteiger partial charge is 0.218 e. The molecule has 0 aromatic heterocycles. The third kappa shape index (κ3) is 4.45. The minimum atomic E-state index is -4.84. The Morgan fingerprint density at radius 3 is 1.53 bits per heavy atom. The summed E-state index contributed by atoms with van der Waals surface area (Å²) in [5.41, 5.74) is -1.16. The minimum Gasteiger partial charge on any atom is -0.218 e. The summed E-state index contributed by atoms with van der Waals surface area (Å²) in [6.07, 6.45) is -4.84. The van der Waals surface area contributed by atoms with E-state index in [1.54, 1.807) is 6.07 Å². The van der Waals surface area contributed by atoms with Gasteiger partial charge in [0.1, 0.15) is 0 Å². The average molecular weight is 472 g/mol. The van der Waals surface area contributed by atoms with Crippen LogP contribution in [0.4, 0.5) is 13.2 Å². The summed E-state index contributed by atoms with van der Waals surface area (Å²) in [4.78, 5) is 1.14. The number of alkyl halides is 3. The van der Waals surface area contributed by atoms with E-state index in [1.165, 1.54) is 30.3 Å². The second kappa shape index (κ2) is 8.84. The van der Waals surface area contributed by atoms with Gasteiger partial charge in [0, 0.05) is 6.07 Å². The molecule has 0 spiro atoms. The number of hydrogen-bond acceptors (Lipinski definition) is 2. The van der Waals surface area contributed by atoms with Gasteiger partial charge in [0.15, 0.2) is 14.7 Å². The SMILES string of the molecule is O=S(=O)(c1ccccc1)c1ccc([S+](c2ccccc2)c2ccccc2)cc1C(F)(F)F. The van der Waals surface area contributed by atoms with Crippen molar-refractivity contribution in [2.45, 2.75) is 30.7 Å². The van der Waals surface area contributed by atoms with Crippen molar-refractivity contribution >= 4 is 20.7 Å². The average Bonchev–Trinajstić information content (AvgIpc) is 2.80. The molecule has 4 aromatic rings. The monoisotopic (exact) mass is 471 g/mol. The van der Waals surface area contributed by atoms with Gasteiger partial charge in [0.2, 0.25) is 9.84 Å². The van der Waals surface area contributed by atoms with Crippen molar-refractivity contribution < 1.29 is 21.6 Å². The summed E-state index contributed by atoms with van der Waals surface area (Å²) < 4.78 is 68.3. The second-order valence-electron chi connectivity index (χ2n) is 6.90. The maximum Gasteiger partial charge on any atom is 0.417 e. The van der Waals surface area contributed by atoms with E-state index in [1.807, 2.05) is 60.7 Å². The van der Waals surface area contributed by atoms with Crippen molar-refractivity contribution in [2.24, 2.45) is 0 Å². The molecule has 0 unspecified atom stereocenters. The Bertz CT molecular complexity index is 1270. The Morgan fingerprint density at radius 2 is 1.06 bits per heavy atom. The lowest BCUT2D eigenvalue weighted by Crippen LogP contribution is -2.15. The van der Waals surface area contributed by atoms with Crippen LogP contribution in [-0.2, 0) is 26.9 Å². The Balaban J connectivity index is 1.93. The fourth-order valence-corrected chi connectivity index (χ4v) is 6.94. The third-order valence-corrected chi connectivity index (χ3v) is 8.83. The highest BCUT2D eigenvalue weighted by molar-refractivity contribution is 7.97. The normalized spacial score (nSPS) is 12.1. The Hall–Kier alpha value is -3.03. The zero-order chi connectivity index (χ0) is 22.8. The van der Waals surface area contributed by atoms with Gasteiger partial charge in [-0.15, -0.1) is 0 Å². The standard InChI is InChI=1S/C25H18F3O2S2/c26-25(27,28)23-18-21(16-17-24(23)32(29,30)22-14-8-3-9-15-22)31(19-10-4-1-5-11-19)20-12-6-2-7-13-20/h1-18H/q+1. The molecule has 4 aromatic carbocycles. The molecule has 0 saturated heterocycles. The van der Waals surface area contributed by atoms with Crippen molar-refractivity contribution in [1.29, 1.82) is 0 Å². The molecule has 7 heteroatoms. The zero-order valence-corrected chi connectivity index (χ0v) is 18.3. The van der Waals surface area contributed by atoms with Gasteiger partial charge in [0.25, 0.3) is 0 Å². The summed E-state index contributed by atoms with van der Waals surface area (Å²) in [6.45, 7) is 0. The molecule has 0 aliphatic carbocycles. The lowest BCUT2D eigenvalue weighted by Gasteiger charge is -2.15. The summed E-state index contributed by atoms with van der Waals surface area (Å²) in [7, 11) is -5.18. The summed E-state index contributed by atoms with van der Waals surface area (Å²) in [5.74, 6) is 0. The molecule has 0 N–H and O–H groups in total. The maximum atomic E-state index is 14.1. The van der Waals surface area contributed by atoms with E-state index in [0.29, 0.717) is 4.90 Å². The number of rotatable bonds is 5. The molecule has 4 rings (SSSR count). The summed E-state index contributed by atoms with van der Waals surface area (Å²) in [5, 5.41) is 0. The van der Waals surface area contributed by atoms with E-state index in [9.17, 15) is 21.6 Å². The lowest BCUT2D eigenvalue weighted by molar-refractivity contribution is -0.140. The summed E-state index contributed by atoms with van der Waals surface area (Å²) in [6, 6.07) is 29.1. The first-order chi connectivity index (χ1) is 15.3. The van der Waals surface area contributed by atoms with Crippen LogP contribution in [0.15, 0.2) is 134 Å². The van der Waals surface area contributed by atoms with Crippen LogP contribution in [0.2, 0.25) is 0 Å². The quantitative estimate of drug-likeness (QED) is 0.306. The van der Waals surface area contributed by atoms with Gasteiger partial charge in [-0.25, -0.2) is 8.42 Å². The van der Waals surface area contributed by atoms with E-state index in [4.69, 9.17) is 0 Å². The molecular weight excluding hydrogens is 453 g/mol. The fraction of sp³-hybridized carbons (Fsp3) is 0.0400. The predicted molar refractivity (Wildman–Crippen MR) is 118 cm³/mol. The van der Waals surface area contributed by atoms with Crippen LogP contribution in [0.5, 0.6) is 0 Å². The van der Waals surface area contributed by atoms with Crippen LogP contribution >= 0.6 is 0 Å². The fourth-order valence-electron chi connectivity index (χ4n) is 3.34. The number of halogens is 3. The van der Waals surface area contributed by atoms with Crippen molar-refractivity contribution in [3.63, 3.8) is 0 Å². The number of sulfone groups is 1. The Labute approximate surface area is 187 Å². The molecule has 0 heterocycles. The van der Waals surface area contributed by atoms with Gasteiger partial charge in [-0.1, -0.05) is 54.6 Å². The third-order valence-electron chi connectivity index (χ3n) is 4.79. The molecule has 0 atom stereocenters. The first kappa shape index (κ1) is 22.2. The van der Waals surface area contributed by atoms with Gasteiger partial charge < -0.3 is 0 Å². The lowest BCUT2D eigenvalue weighted by atomic mass is 10.2. The van der Waals surface area contributed by atoms with Gasteiger partial charge in [-0.3, -0.25) is 0 Å². The van der Waals surface area contributed by atoms with E-state index in [0.717, 1.165) is 21.9 Å². The first-order valence-corrected chi connectivity index (χ1v) is 12.3. The van der Waals surface area contributed by atoms with Crippen LogP contribution in [0.1, 0.15) is 5.56 Å². The van der Waals surface area contributed by atoms with Crippen LogP contribution < -0.4 is 0 Å². The molecule has 0 fully saturated rings. The molecule has 0 radical (unpaired) electrons. The molecule has 0 amide bonds. The van der Waals surface area contributed by atoms with Crippen molar-refractivity contribution in [3.05, 3.63) is 115 Å². The van der Waals surface area contributed by atoms with Crippen LogP contribution in [0.3, 0.4) is 0 Å². The topological polar surface area (TPSA) is 34.1 Å². The number of benzene rings is 4. The Kier molecular flexibility index (Phi) is 6.13. The molecule has 0 saturated carbocycles. The van der Waals surface area contributed by atoms with Gasteiger partial charge in [-0.05, 0) is 48.5 Å². The van der Waals surface area contributed by atoms with Crippen LogP contribution in [0.25, 0.3) is 0 Å². The zero-order valence-electron chi connectivity index (χ0n) is 16.7. The molecule has 0 aliphatic rings.